The number of carboxylic acid groups (broad SMARTS) is 1. The molecule has 31 heavy (non-hydrogen) atoms. The summed E-state index contributed by atoms with van der Waals surface area (Å²) in [4.78, 5) is 23.2. The fraction of sp³-hybridized carbons (Fsp3) is 0.304. The number of hydrogen-bond acceptors (Lipinski definition) is 5. The van der Waals surface area contributed by atoms with Gasteiger partial charge in [-0.15, -0.1) is 5.10 Å². The van der Waals surface area contributed by atoms with Crippen LogP contribution in [0.3, 0.4) is 0 Å². The molecule has 2 aliphatic carbocycles. The summed E-state index contributed by atoms with van der Waals surface area (Å²) < 4.78 is 7.19. The summed E-state index contributed by atoms with van der Waals surface area (Å²) in [6.07, 6.45) is 2.34. The maximum atomic E-state index is 12.3. The first-order valence-corrected chi connectivity index (χ1v) is 10.3. The predicted octanol–water partition coefficient (Wildman–Crippen LogP) is 3.35. The van der Waals surface area contributed by atoms with E-state index in [0.717, 1.165) is 0 Å². The van der Waals surface area contributed by atoms with Crippen LogP contribution in [0.1, 0.15) is 41.6 Å². The van der Waals surface area contributed by atoms with Gasteiger partial charge in [0.1, 0.15) is 12.3 Å². The Morgan fingerprint density at radius 3 is 2.35 bits per heavy atom. The Balaban J connectivity index is 1.15. The number of carbonyl (C=O) groups is 2. The number of nitrogens with one attached hydrogen (secondary N) is 1. The molecule has 1 aromatic heterocycles. The largest absolute Gasteiger partial charge is 0.481 e. The van der Waals surface area contributed by atoms with Crippen molar-refractivity contribution < 1.29 is 19.4 Å². The highest BCUT2D eigenvalue weighted by atomic mass is 16.5. The Morgan fingerprint density at radius 2 is 1.71 bits per heavy atom. The fourth-order valence-electron chi connectivity index (χ4n) is 4.39. The molecule has 0 saturated heterocycles. The van der Waals surface area contributed by atoms with Crippen molar-refractivity contribution >= 4 is 12.1 Å². The van der Waals surface area contributed by atoms with E-state index in [-0.39, 0.29) is 31.0 Å². The molecule has 1 amide bonds. The standard InChI is InChI=1S/C23H22N4O4/c28-22(29)14-9-16(10-14)27-12-15(25-26-27)11-24-23(30)31-13-21-19-7-3-1-5-17(19)18-6-2-4-8-20(18)21/h1-8,12,14,16,21H,9-11,13H2,(H,24,30)(H,28,29). The van der Waals surface area contributed by atoms with Crippen LogP contribution in [0, 0.1) is 5.92 Å². The molecule has 0 aliphatic heterocycles. The Bertz CT molecular complexity index is 1090. The van der Waals surface area contributed by atoms with E-state index in [1.165, 1.54) is 22.3 Å². The van der Waals surface area contributed by atoms with Gasteiger partial charge in [0.2, 0.25) is 0 Å². The first-order chi connectivity index (χ1) is 15.1. The highest BCUT2D eigenvalue weighted by Crippen LogP contribution is 2.44. The minimum Gasteiger partial charge on any atom is -0.481 e. The lowest BCUT2D eigenvalue weighted by Crippen LogP contribution is -2.32. The number of fused-ring (bicyclic) bond motifs is 3. The van der Waals surface area contributed by atoms with Gasteiger partial charge in [0.25, 0.3) is 0 Å². The second-order valence-electron chi connectivity index (χ2n) is 8.03. The highest BCUT2D eigenvalue weighted by molar-refractivity contribution is 5.79. The van der Waals surface area contributed by atoms with Crippen LogP contribution < -0.4 is 5.32 Å². The first-order valence-electron chi connectivity index (χ1n) is 10.3. The molecule has 0 atom stereocenters. The lowest BCUT2D eigenvalue weighted by molar-refractivity contribution is -0.146. The van der Waals surface area contributed by atoms with E-state index >= 15 is 0 Å². The van der Waals surface area contributed by atoms with Crippen molar-refractivity contribution in [2.24, 2.45) is 5.92 Å². The van der Waals surface area contributed by atoms with E-state index < -0.39 is 12.1 Å². The van der Waals surface area contributed by atoms with E-state index in [9.17, 15) is 9.59 Å². The molecule has 5 rings (SSSR count). The average Bonchev–Trinajstić information content (AvgIpc) is 3.32. The number of amides is 1. The number of benzene rings is 2. The molecule has 0 unspecified atom stereocenters. The molecule has 158 valence electrons. The van der Waals surface area contributed by atoms with Crippen molar-refractivity contribution in [1.29, 1.82) is 0 Å². The molecule has 0 bridgehead atoms. The Kier molecular flexibility index (Phi) is 4.89. The highest BCUT2D eigenvalue weighted by Gasteiger charge is 2.36. The third-order valence-corrected chi connectivity index (χ3v) is 6.15. The van der Waals surface area contributed by atoms with Crippen LogP contribution in [0.5, 0.6) is 0 Å². The zero-order valence-corrected chi connectivity index (χ0v) is 16.8. The van der Waals surface area contributed by atoms with Gasteiger partial charge in [-0.3, -0.25) is 4.79 Å². The van der Waals surface area contributed by atoms with Gasteiger partial charge >= 0.3 is 12.1 Å². The number of aliphatic carboxylic acids is 1. The SMILES string of the molecule is O=C(NCc1cn(C2CC(C(=O)O)C2)nn1)OCC1c2ccccc2-c2ccccc21. The van der Waals surface area contributed by atoms with Gasteiger partial charge in [-0.05, 0) is 35.1 Å². The number of hydrogen-bond donors (Lipinski definition) is 2. The smallest absolute Gasteiger partial charge is 0.407 e. The van der Waals surface area contributed by atoms with Crippen LogP contribution in [0.4, 0.5) is 4.79 Å². The summed E-state index contributed by atoms with van der Waals surface area (Å²) in [6.45, 7) is 0.455. The van der Waals surface area contributed by atoms with E-state index in [2.05, 4.69) is 39.9 Å². The molecular formula is C23H22N4O4. The van der Waals surface area contributed by atoms with Crippen molar-refractivity contribution in [3.8, 4) is 11.1 Å². The van der Waals surface area contributed by atoms with Gasteiger partial charge < -0.3 is 15.2 Å². The van der Waals surface area contributed by atoms with Gasteiger partial charge in [0.15, 0.2) is 0 Å². The molecule has 0 spiro atoms. The van der Waals surface area contributed by atoms with Gasteiger partial charge in [-0.2, -0.15) is 0 Å². The summed E-state index contributed by atoms with van der Waals surface area (Å²) in [6, 6.07) is 16.4. The van der Waals surface area contributed by atoms with Crippen LogP contribution in [0.25, 0.3) is 11.1 Å². The Labute approximate surface area is 178 Å². The lowest BCUT2D eigenvalue weighted by Gasteiger charge is -2.31. The van der Waals surface area contributed by atoms with Crippen molar-refractivity contribution in [1.82, 2.24) is 20.3 Å². The van der Waals surface area contributed by atoms with Gasteiger partial charge in [0, 0.05) is 5.92 Å². The average molecular weight is 418 g/mol. The molecule has 8 heteroatoms. The van der Waals surface area contributed by atoms with Gasteiger partial charge in [-0.1, -0.05) is 53.7 Å². The summed E-state index contributed by atoms with van der Waals surface area (Å²) in [5.41, 5.74) is 5.31. The fourth-order valence-corrected chi connectivity index (χ4v) is 4.39. The molecule has 1 heterocycles. The number of rotatable bonds is 6. The molecule has 0 radical (unpaired) electrons. The number of nitrogens with zero attached hydrogens (tertiary/aromatic N) is 3. The number of carboxylic acids is 1. The summed E-state index contributed by atoms with van der Waals surface area (Å²) in [5, 5.41) is 19.8. The van der Waals surface area contributed by atoms with E-state index in [0.29, 0.717) is 18.5 Å². The Hall–Kier alpha value is -3.68. The van der Waals surface area contributed by atoms with Crippen LogP contribution in [-0.2, 0) is 16.1 Å². The van der Waals surface area contributed by atoms with Crippen molar-refractivity contribution in [3.05, 3.63) is 71.5 Å². The maximum Gasteiger partial charge on any atom is 0.407 e. The zero-order chi connectivity index (χ0) is 21.4. The quantitative estimate of drug-likeness (QED) is 0.636. The van der Waals surface area contributed by atoms with Gasteiger partial charge in [-0.25, -0.2) is 9.48 Å². The zero-order valence-electron chi connectivity index (χ0n) is 16.8. The predicted molar refractivity (Wildman–Crippen MR) is 111 cm³/mol. The number of ether oxygens (including phenoxy) is 1. The van der Waals surface area contributed by atoms with Crippen molar-refractivity contribution in [3.63, 3.8) is 0 Å². The second kappa shape index (κ2) is 7.86. The van der Waals surface area contributed by atoms with Crippen LogP contribution in [0.2, 0.25) is 0 Å². The van der Waals surface area contributed by atoms with Crippen LogP contribution in [-0.4, -0.2) is 38.8 Å². The van der Waals surface area contributed by atoms with Crippen LogP contribution >= 0.6 is 0 Å². The van der Waals surface area contributed by atoms with Crippen molar-refractivity contribution in [2.75, 3.05) is 6.61 Å². The third kappa shape index (κ3) is 3.65. The summed E-state index contributed by atoms with van der Waals surface area (Å²) >= 11 is 0. The summed E-state index contributed by atoms with van der Waals surface area (Å²) in [5.74, 6) is -1.06. The van der Waals surface area contributed by atoms with E-state index in [1.807, 2.05) is 24.3 Å². The molecule has 3 aromatic rings. The van der Waals surface area contributed by atoms with Crippen molar-refractivity contribution in [2.45, 2.75) is 31.3 Å². The number of alkyl carbamates (subject to hydrolysis) is 1. The monoisotopic (exact) mass is 418 g/mol. The lowest BCUT2D eigenvalue weighted by atomic mass is 9.80. The maximum absolute atomic E-state index is 12.3. The Morgan fingerprint density at radius 1 is 1.06 bits per heavy atom. The molecule has 2 N–H and O–H groups in total. The van der Waals surface area contributed by atoms with E-state index in [4.69, 9.17) is 9.84 Å². The molecule has 2 aliphatic rings. The van der Waals surface area contributed by atoms with Crippen LogP contribution in [0.15, 0.2) is 54.7 Å². The minimum absolute atomic E-state index is 0.0137. The molecule has 2 aromatic carbocycles. The summed E-state index contributed by atoms with van der Waals surface area (Å²) in [7, 11) is 0. The van der Waals surface area contributed by atoms with Gasteiger partial charge in [0.05, 0.1) is 24.7 Å². The number of aromatic nitrogens is 3. The second-order valence-corrected chi connectivity index (χ2v) is 8.03. The first kappa shape index (κ1) is 19.3. The topological polar surface area (TPSA) is 106 Å². The molecule has 1 fully saturated rings. The normalized spacial score (nSPS) is 19.2. The van der Waals surface area contributed by atoms with E-state index in [1.54, 1.807) is 10.9 Å². The molecule has 1 saturated carbocycles. The third-order valence-electron chi connectivity index (χ3n) is 6.15. The molecule has 8 nitrogen and oxygen atoms in total. The molecular weight excluding hydrogens is 396 g/mol. The number of carbonyl (C=O) groups excluding carboxylic acids is 1. The minimum atomic E-state index is -0.770.